The molecule has 0 aliphatic carbocycles. The van der Waals surface area contributed by atoms with E-state index in [9.17, 15) is 0 Å². The van der Waals surface area contributed by atoms with Gasteiger partial charge in [-0.2, -0.15) is 0 Å². The molecule has 4 N–H and O–H groups in total. The van der Waals surface area contributed by atoms with Crippen LogP contribution in [0.15, 0.2) is 72.8 Å². The molecule has 3 rings (SSSR count). The van der Waals surface area contributed by atoms with Gasteiger partial charge in [0.2, 0.25) is 0 Å². The van der Waals surface area contributed by atoms with E-state index in [1.54, 1.807) is 0 Å². The van der Waals surface area contributed by atoms with E-state index in [-0.39, 0.29) is 0 Å². The van der Waals surface area contributed by atoms with Crippen LogP contribution in [0, 0.1) is 6.92 Å². The molecule has 3 aromatic rings. The number of benzene rings is 3. The van der Waals surface area contributed by atoms with Crippen molar-refractivity contribution in [3.8, 4) is 0 Å². The third-order valence-electron chi connectivity index (χ3n) is 3.90. The molecule has 0 saturated carbocycles. The first-order valence-electron chi connectivity index (χ1n) is 7.31. The Labute approximate surface area is 133 Å². The molecule has 0 bridgehead atoms. The number of anilines is 2. The van der Waals surface area contributed by atoms with Gasteiger partial charge in [-0.25, -0.2) is 0 Å². The first-order valence-corrected chi connectivity index (χ1v) is 8.81. The van der Waals surface area contributed by atoms with E-state index in [1.165, 1.54) is 10.4 Å². The summed E-state index contributed by atoms with van der Waals surface area (Å²) >= 11 is 0. The smallest absolute Gasteiger partial charge is 0.157 e. The lowest BCUT2D eigenvalue weighted by Crippen LogP contribution is -2.52. The van der Waals surface area contributed by atoms with Crippen LogP contribution in [-0.2, 0) is 0 Å². The fraction of sp³-hybridized carbons (Fsp3) is 0.0526. The molecule has 1 radical (unpaired) electrons. The molecule has 22 heavy (non-hydrogen) atoms. The average Bonchev–Trinajstić information content (AvgIpc) is 2.57. The van der Waals surface area contributed by atoms with Crippen molar-refractivity contribution >= 4 is 35.7 Å². The largest absolute Gasteiger partial charge is 0.397 e. The molecule has 0 saturated heterocycles. The Morgan fingerprint density at radius 1 is 0.636 bits per heavy atom. The molecule has 0 spiro atoms. The van der Waals surface area contributed by atoms with Crippen LogP contribution in [0.2, 0.25) is 0 Å². The third-order valence-corrected chi connectivity index (χ3v) is 6.70. The summed E-state index contributed by atoms with van der Waals surface area (Å²) in [6.07, 6.45) is 0. The number of hydrogen-bond donors (Lipinski definition) is 2. The molecule has 3 aromatic carbocycles. The Bertz CT molecular complexity index is 731. The lowest BCUT2D eigenvalue weighted by Gasteiger charge is -2.20. The lowest BCUT2D eigenvalue weighted by atomic mass is 10.2. The second-order valence-corrected chi connectivity index (χ2v) is 7.81. The Morgan fingerprint density at radius 3 is 1.64 bits per heavy atom. The third kappa shape index (κ3) is 2.63. The van der Waals surface area contributed by atoms with Crippen molar-refractivity contribution in [1.29, 1.82) is 0 Å². The Hall–Kier alpha value is -2.52. The highest BCUT2D eigenvalue weighted by molar-refractivity contribution is 6.96. The van der Waals surface area contributed by atoms with Gasteiger partial charge >= 0.3 is 0 Å². The second kappa shape index (κ2) is 6.08. The van der Waals surface area contributed by atoms with Gasteiger partial charge in [0.15, 0.2) is 8.80 Å². The van der Waals surface area contributed by atoms with Crippen molar-refractivity contribution in [2.75, 3.05) is 11.5 Å². The minimum Gasteiger partial charge on any atom is -0.397 e. The summed E-state index contributed by atoms with van der Waals surface area (Å²) in [6, 6.07) is 25.3. The number of nitrogens with two attached hydrogens (primary N) is 2. The molecular formula is C19H19N2Si. The quantitative estimate of drug-likeness (QED) is 0.439. The molecule has 0 atom stereocenters. The van der Waals surface area contributed by atoms with Gasteiger partial charge in [-0.05, 0) is 17.7 Å². The minimum atomic E-state index is -1.15. The molecular weight excluding hydrogens is 284 g/mol. The number of nitrogen functional groups attached to an aromatic ring is 2. The zero-order chi connectivity index (χ0) is 15.5. The van der Waals surface area contributed by atoms with Gasteiger partial charge in [0, 0.05) is 0 Å². The molecule has 0 heterocycles. The highest BCUT2D eigenvalue weighted by Crippen LogP contribution is 2.17. The van der Waals surface area contributed by atoms with E-state index in [0.29, 0.717) is 5.69 Å². The van der Waals surface area contributed by atoms with Gasteiger partial charge in [-0.15, -0.1) is 0 Å². The Morgan fingerprint density at radius 2 is 1.14 bits per heavy atom. The topological polar surface area (TPSA) is 52.0 Å². The molecule has 0 amide bonds. The molecule has 0 aliphatic heterocycles. The number of rotatable bonds is 3. The second-order valence-electron chi connectivity index (χ2n) is 5.36. The number of hydrogen-bond acceptors (Lipinski definition) is 2. The van der Waals surface area contributed by atoms with Crippen molar-refractivity contribution in [2.45, 2.75) is 6.92 Å². The standard InChI is InChI=1S/C19H19N2Si/c1-14-12-13-17(19(21)18(14)20)22(15-8-4-2-5-9-15)16-10-6-3-7-11-16/h2-13H,20-21H2,1H3. The summed E-state index contributed by atoms with van der Waals surface area (Å²) in [7, 11) is -1.15. The van der Waals surface area contributed by atoms with Crippen LogP contribution >= 0.6 is 0 Å². The van der Waals surface area contributed by atoms with Crippen LogP contribution in [0.4, 0.5) is 11.4 Å². The summed E-state index contributed by atoms with van der Waals surface area (Å²) in [5, 5.41) is 3.79. The maximum Gasteiger partial charge on any atom is 0.157 e. The van der Waals surface area contributed by atoms with Crippen LogP contribution < -0.4 is 27.0 Å². The first-order chi connectivity index (χ1) is 10.7. The molecule has 2 nitrogen and oxygen atoms in total. The average molecular weight is 303 g/mol. The van der Waals surface area contributed by atoms with Crippen molar-refractivity contribution < 1.29 is 0 Å². The lowest BCUT2D eigenvalue weighted by molar-refractivity contribution is 1.48. The summed E-state index contributed by atoms with van der Waals surface area (Å²) in [5.74, 6) is 0. The van der Waals surface area contributed by atoms with Gasteiger partial charge in [0.05, 0.1) is 11.4 Å². The van der Waals surface area contributed by atoms with Crippen LogP contribution in [0.5, 0.6) is 0 Å². The van der Waals surface area contributed by atoms with Crippen LogP contribution in [0.25, 0.3) is 0 Å². The fourth-order valence-electron chi connectivity index (χ4n) is 2.65. The van der Waals surface area contributed by atoms with E-state index >= 15 is 0 Å². The predicted octanol–water partition coefficient (Wildman–Crippen LogP) is 1.68. The Kier molecular flexibility index (Phi) is 3.98. The first kappa shape index (κ1) is 14.4. The predicted molar refractivity (Wildman–Crippen MR) is 97.5 cm³/mol. The molecule has 0 fully saturated rings. The Balaban J connectivity index is 2.21. The van der Waals surface area contributed by atoms with E-state index < -0.39 is 8.80 Å². The van der Waals surface area contributed by atoms with Gasteiger partial charge < -0.3 is 11.5 Å². The molecule has 0 unspecified atom stereocenters. The minimum absolute atomic E-state index is 0.701. The van der Waals surface area contributed by atoms with Gasteiger partial charge in [0.1, 0.15) is 0 Å². The molecule has 109 valence electrons. The molecule has 0 aliphatic rings. The fourth-order valence-corrected chi connectivity index (χ4v) is 5.31. The van der Waals surface area contributed by atoms with E-state index in [0.717, 1.165) is 16.4 Å². The van der Waals surface area contributed by atoms with Gasteiger partial charge in [-0.3, -0.25) is 0 Å². The van der Waals surface area contributed by atoms with E-state index in [4.69, 9.17) is 11.5 Å². The van der Waals surface area contributed by atoms with Gasteiger partial charge in [0.25, 0.3) is 0 Å². The van der Waals surface area contributed by atoms with Crippen molar-refractivity contribution in [2.24, 2.45) is 0 Å². The highest BCUT2D eigenvalue weighted by atomic mass is 28.3. The van der Waals surface area contributed by atoms with E-state index in [2.05, 4.69) is 60.7 Å². The summed E-state index contributed by atoms with van der Waals surface area (Å²) in [6.45, 7) is 1.99. The van der Waals surface area contributed by atoms with Crippen LogP contribution in [-0.4, -0.2) is 8.80 Å². The van der Waals surface area contributed by atoms with Gasteiger partial charge in [-0.1, -0.05) is 83.2 Å². The van der Waals surface area contributed by atoms with Crippen molar-refractivity contribution in [3.63, 3.8) is 0 Å². The normalized spacial score (nSPS) is 10.8. The summed E-state index contributed by atoms with van der Waals surface area (Å²) in [5.41, 5.74) is 15.0. The monoisotopic (exact) mass is 303 g/mol. The zero-order valence-electron chi connectivity index (χ0n) is 12.6. The van der Waals surface area contributed by atoms with Crippen LogP contribution in [0.3, 0.4) is 0 Å². The maximum atomic E-state index is 6.36. The van der Waals surface area contributed by atoms with Crippen LogP contribution in [0.1, 0.15) is 5.56 Å². The van der Waals surface area contributed by atoms with E-state index in [1.807, 2.05) is 19.1 Å². The van der Waals surface area contributed by atoms with Crippen molar-refractivity contribution in [1.82, 2.24) is 0 Å². The summed E-state index contributed by atoms with van der Waals surface area (Å²) < 4.78 is 0. The van der Waals surface area contributed by atoms with Crippen molar-refractivity contribution in [3.05, 3.63) is 78.4 Å². The molecule has 0 aromatic heterocycles. The zero-order valence-corrected chi connectivity index (χ0v) is 13.6. The highest BCUT2D eigenvalue weighted by Gasteiger charge is 2.22. The SMILES string of the molecule is Cc1ccc([Si](c2ccccc2)c2ccccc2)c(N)c1N. The number of aryl methyl sites for hydroxylation is 1. The molecule has 3 heteroatoms. The maximum absolute atomic E-state index is 6.36. The summed E-state index contributed by atoms with van der Waals surface area (Å²) in [4.78, 5) is 0.